The summed E-state index contributed by atoms with van der Waals surface area (Å²) in [7, 11) is 1.59. The highest BCUT2D eigenvalue weighted by atomic mass is 127. The predicted octanol–water partition coefficient (Wildman–Crippen LogP) is 4.58. The number of methoxy groups -OCH3 is 1. The van der Waals surface area contributed by atoms with Gasteiger partial charge in [0, 0.05) is 0 Å². The molecule has 0 fully saturated rings. The summed E-state index contributed by atoms with van der Waals surface area (Å²) in [6.07, 6.45) is 3.55. The van der Waals surface area contributed by atoms with Gasteiger partial charge in [0.05, 0.1) is 42.7 Å². The molecule has 10 heteroatoms. The van der Waals surface area contributed by atoms with Crippen molar-refractivity contribution in [1.82, 2.24) is 4.57 Å². The zero-order chi connectivity index (χ0) is 26.7. The number of fused-ring (bicyclic) bond motifs is 1. The van der Waals surface area contributed by atoms with E-state index in [9.17, 15) is 9.59 Å². The number of hydrogen-bond donors (Lipinski definition) is 0. The monoisotopic (exact) mass is 742 g/mol. The van der Waals surface area contributed by atoms with Gasteiger partial charge < -0.3 is 14.2 Å². The van der Waals surface area contributed by atoms with Crippen molar-refractivity contribution >= 4 is 68.6 Å². The zero-order valence-electron chi connectivity index (χ0n) is 20.4. The van der Waals surface area contributed by atoms with Crippen LogP contribution < -0.4 is 24.4 Å². The van der Waals surface area contributed by atoms with Gasteiger partial charge in [-0.25, -0.2) is 9.79 Å². The largest absolute Gasteiger partial charge is 0.497 e. The first-order chi connectivity index (χ1) is 17.8. The van der Waals surface area contributed by atoms with Crippen LogP contribution in [0.2, 0.25) is 0 Å². The molecule has 0 saturated carbocycles. The van der Waals surface area contributed by atoms with Gasteiger partial charge in [-0.05, 0) is 100 Å². The van der Waals surface area contributed by atoms with Gasteiger partial charge in [0.2, 0.25) is 0 Å². The van der Waals surface area contributed by atoms with E-state index in [-0.39, 0.29) is 12.2 Å². The van der Waals surface area contributed by atoms with Crippen molar-refractivity contribution in [3.05, 3.63) is 98.3 Å². The van der Waals surface area contributed by atoms with Crippen molar-refractivity contribution in [2.75, 3.05) is 20.3 Å². The molecular formula is C27H24I2N2O5S. The number of carbonyl (C=O) groups is 1. The smallest absolute Gasteiger partial charge is 0.338 e. The molecular weight excluding hydrogens is 718 g/mol. The Morgan fingerprint density at radius 3 is 2.49 bits per heavy atom. The summed E-state index contributed by atoms with van der Waals surface area (Å²) in [5, 5.41) is 0. The van der Waals surface area contributed by atoms with Gasteiger partial charge in [-0.15, -0.1) is 0 Å². The van der Waals surface area contributed by atoms with Crippen LogP contribution in [0.3, 0.4) is 0 Å². The SMILES string of the molecule is C=CCOc1c(I)cc(/C=c2\sc3n(c2=O)C(c2ccc(OC)cc2)C(C(=O)OCC)=C(C)N=3)cc1I. The van der Waals surface area contributed by atoms with Crippen LogP contribution in [0.4, 0.5) is 0 Å². The zero-order valence-corrected chi connectivity index (χ0v) is 25.5. The van der Waals surface area contributed by atoms with E-state index in [0.29, 0.717) is 33.0 Å². The molecule has 2 heterocycles. The minimum absolute atomic E-state index is 0.221. The van der Waals surface area contributed by atoms with Crippen LogP contribution in [0, 0.1) is 7.14 Å². The third-order valence-electron chi connectivity index (χ3n) is 5.61. The Balaban J connectivity index is 1.88. The van der Waals surface area contributed by atoms with E-state index in [4.69, 9.17) is 14.2 Å². The van der Waals surface area contributed by atoms with Gasteiger partial charge >= 0.3 is 5.97 Å². The van der Waals surface area contributed by atoms with Crippen LogP contribution in [-0.2, 0) is 9.53 Å². The molecule has 7 nitrogen and oxygen atoms in total. The fraction of sp³-hybridized carbons (Fsp3) is 0.222. The number of allylic oxidation sites excluding steroid dienone is 1. The van der Waals surface area contributed by atoms with Gasteiger partial charge in [0.25, 0.3) is 5.56 Å². The lowest BCUT2D eigenvalue weighted by atomic mass is 9.96. The Labute approximate surface area is 245 Å². The number of halogens is 2. The van der Waals surface area contributed by atoms with Gasteiger partial charge in [0.15, 0.2) is 4.80 Å². The molecule has 0 aliphatic carbocycles. The molecule has 1 aromatic heterocycles. The van der Waals surface area contributed by atoms with Gasteiger partial charge in [-0.1, -0.05) is 36.1 Å². The first kappa shape index (κ1) is 27.6. The van der Waals surface area contributed by atoms with Crippen LogP contribution in [0.5, 0.6) is 11.5 Å². The molecule has 0 bridgehead atoms. The minimum atomic E-state index is -0.668. The number of carbonyl (C=O) groups excluding carboxylic acids is 1. The van der Waals surface area contributed by atoms with Gasteiger partial charge in [-0.3, -0.25) is 9.36 Å². The Bertz CT molecular complexity index is 1550. The minimum Gasteiger partial charge on any atom is -0.497 e. The first-order valence-corrected chi connectivity index (χ1v) is 14.3. The summed E-state index contributed by atoms with van der Waals surface area (Å²) in [4.78, 5) is 31.9. The highest BCUT2D eigenvalue weighted by molar-refractivity contribution is 14.1. The van der Waals surface area contributed by atoms with E-state index in [2.05, 4.69) is 56.8 Å². The van der Waals surface area contributed by atoms with Gasteiger partial charge in [-0.2, -0.15) is 0 Å². The molecule has 37 heavy (non-hydrogen) atoms. The second-order valence-corrected chi connectivity index (χ2v) is 11.3. The molecule has 4 rings (SSSR count). The normalized spacial score (nSPS) is 15.2. The Morgan fingerprint density at radius 1 is 1.22 bits per heavy atom. The maximum absolute atomic E-state index is 13.8. The molecule has 1 unspecified atom stereocenters. The van der Waals surface area contributed by atoms with Crippen molar-refractivity contribution < 1.29 is 19.0 Å². The Kier molecular flexibility index (Phi) is 8.90. The average Bonchev–Trinajstić information content (AvgIpc) is 3.17. The lowest BCUT2D eigenvalue weighted by Gasteiger charge is -2.24. The molecule has 0 amide bonds. The second-order valence-electron chi connectivity index (χ2n) is 7.99. The van der Waals surface area contributed by atoms with E-state index in [1.807, 2.05) is 42.5 Å². The maximum Gasteiger partial charge on any atom is 0.338 e. The average molecular weight is 742 g/mol. The van der Waals surface area contributed by atoms with E-state index < -0.39 is 12.0 Å². The standard InChI is InChI=1S/C27H24I2N2O5S/c1-5-11-36-24-19(28)12-16(13-20(24)29)14-21-25(32)31-23(17-7-9-18(34-4)10-8-17)22(26(33)35-6-2)15(3)30-27(31)37-21/h5,7-10,12-14,23H,1,6,11H2,2-4H3/b21-14-. The third-order valence-corrected chi connectivity index (χ3v) is 8.20. The predicted molar refractivity (Wildman–Crippen MR) is 161 cm³/mol. The van der Waals surface area contributed by atoms with Crippen LogP contribution >= 0.6 is 56.5 Å². The quantitative estimate of drug-likeness (QED) is 0.192. The number of benzene rings is 2. The molecule has 0 spiro atoms. The molecule has 192 valence electrons. The number of ether oxygens (including phenoxy) is 3. The molecule has 3 aromatic rings. The second kappa shape index (κ2) is 11.9. The molecule has 1 atom stereocenters. The fourth-order valence-corrected chi connectivity index (χ4v) is 7.16. The number of hydrogen-bond acceptors (Lipinski definition) is 7. The summed E-state index contributed by atoms with van der Waals surface area (Å²) in [5.41, 5.74) is 2.28. The summed E-state index contributed by atoms with van der Waals surface area (Å²) >= 11 is 5.74. The van der Waals surface area contributed by atoms with Gasteiger partial charge in [0.1, 0.15) is 18.1 Å². The number of nitrogens with zero attached hydrogens (tertiary/aromatic N) is 2. The van der Waals surface area contributed by atoms with Crippen molar-refractivity contribution in [3.63, 3.8) is 0 Å². The molecule has 1 aliphatic rings. The Morgan fingerprint density at radius 2 is 1.89 bits per heavy atom. The molecule has 0 N–H and O–H groups in total. The van der Waals surface area contributed by atoms with Crippen molar-refractivity contribution in [2.24, 2.45) is 4.99 Å². The van der Waals surface area contributed by atoms with Crippen LogP contribution in [0.1, 0.15) is 31.0 Å². The van der Waals surface area contributed by atoms with E-state index in [0.717, 1.165) is 24.0 Å². The molecule has 1 aliphatic heterocycles. The maximum atomic E-state index is 13.8. The van der Waals surface area contributed by atoms with Crippen LogP contribution in [0.25, 0.3) is 6.08 Å². The summed E-state index contributed by atoms with van der Waals surface area (Å²) in [6.45, 7) is 7.86. The lowest BCUT2D eigenvalue weighted by molar-refractivity contribution is -0.139. The fourth-order valence-electron chi connectivity index (χ4n) is 3.99. The van der Waals surface area contributed by atoms with E-state index in [1.165, 1.54) is 11.3 Å². The Hall–Kier alpha value is -2.45. The number of thiazole rings is 1. The first-order valence-electron chi connectivity index (χ1n) is 11.3. The number of aromatic nitrogens is 1. The number of esters is 1. The van der Waals surface area contributed by atoms with Crippen molar-refractivity contribution in [1.29, 1.82) is 0 Å². The highest BCUT2D eigenvalue weighted by Gasteiger charge is 2.33. The van der Waals surface area contributed by atoms with E-state index in [1.54, 1.807) is 31.6 Å². The molecule has 0 radical (unpaired) electrons. The highest BCUT2D eigenvalue weighted by Crippen LogP contribution is 2.32. The summed E-state index contributed by atoms with van der Waals surface area (Å²) in [5.74, 6) is 0.978. The summed E-state index contributed by atoms with van der Waals surface area (Å²) < 4.78 is 20.4. The van der Waals surface area contributed by atoms with Crippen molar-refractivity contribution in [2.45, 2.75) is 19.9 Å². The van der Waals surface area contributed by atoms with Crippen molar-refractivity contribution in [3.8, 4) is 11.5 Å². The van der Waals surface area contributed by atoms with E-state index >= 15 is 0 Å². The van der Waals surface area contributed by atoms with Crippen LogP contribution in [-0.4, -0.2) is 30.9 Å². The summed E-state index contributed by atoms with van der Waals surface area (Å²) in [6, 6.07) is 10.6. The van der Waals surface area contributed by atoms with Crippen LogP contribution in [0.15, 0.2) is 70.1 Å². The molecule has 0 saturated heterocycles. The third kappa shape index (κ3) is 5.70. The lowest BCUT2D eigenvalue weighted by Crippen LogP contribution is -2.39. The molecule has 2 aromatic carbocycles. The number of rotatable bonds is 8. The topological polar surface area (TPSA) is 79.1 Å².